The number of carbonyl (C=O) groups excluding carboxylic acids is 1. The molecule has 3 rings (SSSR count). The highest BCUT2D eigenvalue weighted by atomic mass is 127. The smallest absolute Gasteiger partial charge is 0.252 e. The van der Waals surface area contributed by atoms with Crippen LogP contribution < -0.4 is 14.8 Å². The summed E-state index contributed by atoms with van der Waals surface area (Å²) in [5.74, 6) is 1.20. The summed E-state index contributed by atoms with van der Waals surface area (Å²) < 4.78 is 11.4. The highest BCUT2D eigenvalue weighted by molar-refractivity contribution is 14.1. The number of amides is 1. The van der Waals surface area contributed by atoms with E-state index in [2.05, 4.69) is 32.8 Å². The minimum absolute atomic E-state index is 0.0276. The zero-order valence-corrected chi connectivity index (χ0v) is 15.8. The molecular weight excluding hydrogens is 407 g/mol. The second-order valence-corrected chi connectivity index (χ2v) is 7.36. The summed E-state index contributed by atoms with van der Waals surface area (Å²) in [7, 11) is 3.18. The van der Waals surface area contributed by atoms with E-state index in [1.165, 1.54) is 12.8 Å². The number of hydrogen-bond acceptors (Lipinski definition) is 4. The standard InChI is InChI=1S/C17H23IN2O3/c1-22-15-9-13(14(18)10-16(15)23-2)17(21)19-11-5-7-20(8-6-11)12-3-4-12/h9-12H,3-8H2,1-2H3,(H,19,21). The fourth-order valence-electron chi connectivity index (χ4n) is 3.14. The van der Waals surface area contributed by atoms with Crippen LogP contribution in [0.4, 0.5) is 0 Å². The van der Waals surface area contributed by atoms with Gasteiger partial charge in [-0.1, -0.05) is 0 Å². The van der Waals surface area contributed by atoms with E-state index >= 15 is 0 Å². The SMILES string of the molecule is COc1cc(I)c(C(=O)NC2CCN(C3CC3)CC2)cc1OC. The van der Waals surface area contributed by atoms with Crippen molar-refractivity contribution in [3.8, 4) is 11.5 Å². The first-order valence-corrected chi connectivity index (χ1v) is 9.16. The number of benzene rings is 1. The van der Waals surface area contributed by atoms with Crippen LogP contribution in [-0.4, -0.2) is 50.2 Å². The van der Waals surface area contributed by atoms with Crippen LogP contribution >= 0.6 is 22.6 Å². The molecule has 1 aromatic rings. The second kappa shape index (κ2) is 7.25. The Balaban J connectivity index is 1.63. The summed E-state index contributed by atoms with van der Waals surface area (Å²) in [5.41, 5.74) is 0.646. The van der Waals surface area contributed by atoms with E-state index in [9.17, 15) is 4.79 Å². The van der Waals surface area contributed by atoms with Gasteiger partial charge in [0, 0.05) is 28.7 Å². The van der Waals surface area contributed by atoms with Crippen LogP contribution in [0.15, 0.2) is 12.1 Å². The van der Waals surface area contributed by atoms with Gasteiger partial charge in [0.15, 0.2) is 11.5 Å². The fraction of sp³-hybridized carbons (Fsp3) is 0.588. The summed E-state index contributed by atoms with van der Waals surface area (Å²) in [5, 5.41) is 3.18. The maximum absolute atomic E-state index is 12.6. The summed E-state index contributed by atoms with van der Waals surface area (Å²) in [6, 6.07) is 4.68. The molecule has 2 fully saturated rings. The molecule has 0 atom stereocenters. The van der Waals surface area contributed by atoms with Gasteiger partial charge in [-0.3, -0.25) is 4.79 Å². The molecule has 1 amide bonds. The molecular formula is C17H23IN2O3. The monoisotopic (exact) mass is 430 g/mol. The summed E-state index contributed by atoms with van der Waals surface area (Å²) in [4.78, 5) is 15.2. The van der Waals surface area contributed by atoms with E-state index in [1.54, 1.807) is 20.3 Å². The number of halogens is 1. The molecule has 0 spiro atoms. The van der Waals surface area contributed by atoms with Gasteiger partial charge in [0.1, 0.15) is 0 Å². The molecule has 1 saturated heterocycles. The number of piperidine rings is 1. The van der Waals surface area contributed by atoms with E-state index in [0.717, 1.165) is 35.5 Å². The second-order valence-electron chi connectivity index (χ2n) is 6.20. The van der Waals surface area contributed by atoms with Crippen molar-refractivity contribution in [3.63, 3.8) is 0 Å². The lowest BCUT2D eigenvalue weighted by Gasteiger charge is -2.32. The number of methoxy groups -OCH3 is 2. The Morgan fingerprint density at radius 3 is 2.30 bits per heavy atom. The van der Waals surface area contributed by atoms with Gasteiger partial charge in [0.2, 0.25) is 0 Å². The molecule has 0 bridgehead atoms. The number of carbonyl (C=O) groups is 1. The third-order valence-corrected chi connectivity index (χ3v) is 5.54. The number of rotatable bonds is 5. The van der Waals surface area contributed by atoms with Crippen molar-refractivity contribution < 1.29 is 14.3 Å². The minimum Gasteiger partial charge on any atom is -0.493 e. The first-order chi connectivity index (χ1) is 11.1. The van der Waals surface area contributed by atoms with E-state index in [4.69, 9.17) is 9.47 Å². The summed E-state index contributed by atoms with van der Waals surface area (Å²) in [6.07, 6.45) is 4.76. The van der Waals surface area contributed by atoms with Crippen molar-refractivity contribution in [3.05, 3.63) is 21.3 Å². The lowest BCUT2D eigenvalue weighted by Crippen LogP contribution is -2.45. The quantitative estimate of drug-likeness (QED) is 0.731. The van der Waals surface area contributed by atoms with Gasteiger partial charge < -0.3 is 19.7 Å². The first-order valence-electron chi connectivity index (χ1n) is 8.08. The van der Waals surface area contributed by atoms with Crippen LogP contribution in [-0.2, 0) is 0 Å². The van der Waals surface area contributed by atoms with E-state index in [-0.39, 0.29) is 11.9 Å². The summed E-state index contributed by atoms with van der Waals surface area (Å²) in [6.45, 7) is 2.19. The molecule has 1 aliphatic heterocycles. The van der Waals surface area contributed by atoms with Crippen molar-refractivity contribution in [1.82, 2.24) is 10.2 Å². The Labute approximate surface area is 150 Å². The van der Waals surface area contributed by atoms with E-state index in [0.29, 0.717) is 17.1 Å². The predicted molar refractivity (Wildman–Crippen MR) is 97.3 cm³/mol. The molecule has 2 aliphatic rings. The first kappa shape index (κ1) is 16.8. The molecule has 1 N–H and O–H groups in total. The number of ether oxygens (including phenoxy) is 2. The normalized spacial score (nSPS) is 19.4. The Morgan fingerprint density at radius 2 is 1.74 bits per heavy atom. The van der Waals surface area contributed by atoms with Crippen LogP contribution in [0, 0.1) is 3.57 Å². The highest BCUT2D eigenvalue weighted by Gasteiger charge is 2.32. The molecule has 0 aromatic heterocycles. The van der Waals surface area contributed by atoms with E-state index < -0.39 is 0 Å². The van der Waals surface area contributed by atoms with Crippen molar-refractivity contribution in [2.24, 2.45) is 0 Å². The number of nitrogens with zero attached hydrogens (tertiary/aromatic N) is 1. The van der Waals surface area contributed by atoms with Crippen molar-refractivity contribution in [1.29, 1.82) is 0 Å². The topological polar surface area (TPSA) is 50.8 Å². The average molecular weight is 430 g/mol. The molecule has 23 heavy (non-hydrogen) atoms. The van der Waals surface area contributed by atoms with Gasteiger partial charge in [0.25, 0.3) is 5.91 Å². The van der Waals surface area contributed by atoms with Gasteiger partial charge >= 0.3 is 0 Å². The lowest BCUT2D eigenvalue weighted by atomic mass is 10.0. The zero-order valence-electron chi connectivity index (χ0n) is 13.6. The van der Waals surface area contributed by atoms with Gasteiger partial charge in [-0.25, -0.2) is 0 Å². The van der Waals surface area contributed by atoms with Crippen LogP contribution in [0.2, 0.25) is 0 Å². The average Bonchev–Trinajstić information content (AvgIpc) is 3.40. The van der Waals surface area contributed by atoms with E-state index in [1.807, 2.05) is 6.07 Å². The molecule has 1 heterocycles. The molecule has 1 aromatic carbocycles. The van der Waals surface area contributed by atoms with Gasteiger partial charge in [0.05, 0.1) is 19.8 Å². The number of hydrogen-bond donors (Lipinski definition) is 1. The minimum atomic E-state index is -0.0276. The van der Waals surface area contributed by atoms with Crippen LogP contribution in [0.25, 0.3) is 0 Å². The summed E-state index contributed by atoms with van der Waals surface area (Å²) >= 11 is 2.17. The van der Waals surface area contributed by atoms with Crippen LogP contribution in [0.5, 0.6) is 11.5 Å². The fourth-order valence-corrected chi connectivity index (χ4v) is 3.82. The van der Waals surface area contributed by atoms with Crippen molar-refractivity contribution in [2.75, 3.05) is 27.3 Å². The van der Waals surface area contributed by atoms with Crippen LogP contribution in [0.1, 0.15) is 36.0 Å². The van der Waals surface area contributed by atoms with Crippen molar-refractivity contribution >= 4 is 28.5 Å². The Hall–Kier alpha value is -1.02. The van der Waals surface area contributed by atoms with Gasteiger partial charge in [-0.15, -0.1) is 0 Å². The van der Waals surface area contributed by atoms with Gasteiger partial charge in [-0.05, 0) is 60.4 Å². The molecule has 1 saturated carbocycles. The molecule has 126 valence electrons. The maximum Gasteiger partial charge on any atom is 0.252 e. The maximum atomic E-state index is 12.6. The molecule has 0 unspecified atom stereocenters. The number of nitrogens with one attached hydrogen (secondary N) is 1. The third kappa shape index (κ3) is 3.91. The molecule has 5 nitrogen and oxygen atoms in total. The largest absolute Gasteiger partial charge is 0.493 e. The number of likely N-dealkylation sites (tertiary alicyclic amines) is 1. The van der Waals surface area contributed by atoms with Crippen molar-refractivity contribution in [2.45, 2.75) is 37.8 Å². The Morgan fingerprint density at radius 1 is 1.13 bits per heavy atom. The molecule has 1 aliphatic carbocycles. The zero-order chi connectivity index (χ0) is 16.4. The Kier molecular flexibility index (Phi) is 5.31. The van der Waals surface area contributed by atoms with Gasteiger partial charge in [-0.2, -0.15) is 0 Å². The lowest BCUT2D eigenvalue weighted by molar-refractivity contribution is 0.0908. The molecule has 6 heteroatoms. The Bertz CT molecular complexity index is 581. The highest BCUT2D eigenvalue weighted by Crippen LogP contribution is 2.32. The predicted octanol–water partition coefficient (Wildman–Crippen LogP) is 2.67. The van der Waals surface area contributed by atoms with Crippen LogP contribution in [0.3, 0.4) is 0 Å². The third-order valence-electron chi connectivity index (χ3n) is 4.65. The molecule has 0 radical (unpaired) electrons.